The van der Waals surface area contributed by atoms with Crippen LogP contribution in [0.2, 0.25) is 0 Å². The molecule has 2 nitrogen and oxygen atoms in total. The monoisotopic (exact) mass is 182 g/mol. The van der Waals surface area contributed by atoms with Crippen molar-refractivity contribution >= 4 is 11.8 Å². The molecule has 0 spiro atoms. The molecule has 0 aliphatic carbocycles. The number of hydrogen-bond donors (Lipinski definition) is 1. The summed E-state index contributed by atoms with van der Waals surface area (Å²) < 4.78 is 0. The number of rotatable bonds is 3. The van der Waals surface area contributed by atoms with Crippen molar-refractivity contribution < 1.29 is 0 Å². The largest absolute Gasteiger partial charge is 0.319 e. The summed E-state index contributed by atoms with van der Waals surface area (Å²) in [5.74, 6) is 0.496. The second-order valence-corrected chi connectivity index (χ2v) is 4.27. The number of thioether (sulfide) groups is 1. The first-order valence-corrected chi connectivity index (χ1v) is 4.90. The Kier molecular flexibility index (Phi) is 3.56. The average molecular weight is 182 g/mol. The molecule has 66 valence electrons. The van der Waals surface area contributed by atoms with Crippen molar-refractivity contribution in [1.82, 2.24) is 4.98 Å². The van der Waals surface area contributed by atoms with Crippen molar-refractivity contribution in [3.8, 4) is 0 Å². The van der Waals surface area contributed by atoms with E-state index in [1.54, 1.807) is 18.0 Å². The van der Waals surface area contributed by atoms with Gasteiger partial charge in [0.05, 0.1) is 5.37 Å². The topological polar surface area (TPSA) is 38.9 Å². The van der Waals surface area contributed by atoms with Gasteiger partial charge in [0.25, 0.3) is 0 Å². The summed E-state index contributed by atoms with van der Waals surface area (Å²) in [6.07, 6.45) is 3.61. The van der Waals surface area contributed by atoms with Crippen LogP contribution in [0.25, 0.3) is 0 Å². The molecule has 0 aliphatic rings. The first-order chi connectivity index (χ1) is 5.70. The fraction of sp³-hybridized carbons (Fsp3) is 0.444. The summed E-state index contributed by atoms with van der Waals surface area (Å²) in [5.41, 5.74) is 5.88. The summed E-state index contributed by atoms with van der Waals surface area (Å²) in [4.78, 5) is 5.16. The number of aromatic nitrogens is 1. The van der Waals surface area contributed by atoms with Crippen molar-refractivity contribution in [2.24, 2.45) is 11.7 Å². The summed E-state index contributed by atoms with van der Waals surface area (Å²) in [6, 6.07) is 3.95. The molecule has 1 aromatic rings. The molecule has 1 rings (SSSR count). The van der Waals surface area contributed by atoms with Crippen LogP contribution in [0, 0.1) is 5.92 Å². The molecule has 1 heterocycles. The first-order valence-electron chi connectivity index (χ1n) is 4.02. The fourth-order valence-electron chi connectivity index (χ4n) is 0.710. The standard InChI is InChI=1S/C9H14N2S/c1-7(2)9(10)12-8-4-3-5-11-6-8/h3-7,9H,10H2,1-2H3. The molecule has 0 saturated heterocycles. The van der Waals surface area contributed by atoms with E-state index < -0.39 is 0 Å². The lowest BCUT2D eigenvalue weighted by atomic mass is 10.2. The van der Waals surface area contributed by atoms with E-state index in [-0.39, 0.29) is 5.37 Å². The van der Waals surface area contributed by atoms with Crippen molar-refractivity contribution in [3.63, 3.8) is 0 Å². The molecule has 0 aliphatic heterocycles. The molecule has 0 bridgehead atoms. The Labute approximate surface area is 77.6 Å². The number of nitrogens with two attached hydrogens (primary N) is 1. The van der Waals surface area contributed by atoms with Crippen molar-refractivity contribution in [2.45, 2.75) is 24.1 Å². The highest BCUT2D eigenvalue weighted by Gasteiger charge is 2.08. The van der Waals surface area contributed by atoms with Gasteiger partial charge in [0.15, 0.2) is 0 Å². The molecule has 1 unspecified atom stereocenters. The van der Waals surface area contributed by atoms with Gasteiger partial charge >= 0.3 is 0 Å². The molecule has 0 fully saturated rings. The zero-order chi connectivity index (χ0) is 8.97. The minimum absolute atomic E-state index is 0.161. The highest BCUT2D eigenvalue weighted by Crippen LogP contribution is 2.23. The minimum atomic E-state index is 0.161. The van der Waals surface area contributed by atoms with Gasteiger partial charge in [-0.2, -0.15) is 0 Å². The Morgan fingerprint density at radius 2 is 2.25 bits per heavy atom. The summed E-state index contributed by atoms with van der Waals surface area (Å²) in [7, 11) is 0. The van der Waals surface area contributed by atoms with Crippen LogP contribution in [-0.4, -0.2) is 10.4 Å². The quantitative estimate of drug-likeness (QED) is 0.575. The van der Waals surface area contributed by atoms with E-state index in [0.29, 0.717) is 5.92 Å². The third kappa shape index (κ3) is 2.83. The van der Waals surface area contributed by atoms with Gasteiger partial charge in [-0.1, -0.05) is 13.8 Å². The molecule has 0 radical (unpaired) electrons. The SMILES string of the molecule is CC(C)C(N)Sc1cccnc1. The van der Waals surface area contributed by atoms with Crippen LogP contribution >= 0.6 is 11.8 Å². The molecule has 1 aromatic heterocycles. The molecule has 0 saturated carbocycles. The Hall–Kier alpha value is -0.540. The first kappa shape index (κ1) is 9.55. The Morgan fingerprint density at radius 1 is 1.50 bits per heavy atom. The highest BCUT2D eigenvalue weighted by atomic mass is 32.2. The zero-order valence-corrected chi connectivity index (χ0v) is 8.21. The van der Waals surface area contributed by atoms with Crippen LogP contribution in [0.1, 0.15) is 13.8 Å². The van der Waals surface area contributed by atoms with Crippen LogP contribution in [0.3, 0.4) is 0 Å². The van der Waals surface area contributed by atoms with E-state index >= 15 is 0 Å². The van der Waals surface area contributed by atoms with Crippen LogP contribution < -0.4 is 5.73 Å². The Balaban J connectivity index is 2.53. The van der Waals surface area contributed by atoms with E-state index in [0.717, 1.165) is 4.90 Å². The number of pyridine rings is 1. The van der Waals surface area contributed by atoms with E-state index in [1.165, 1.54) is 0 Å². The Morgan fingerprint density at radius 3 is 2.75 bits per heavy atom. The second-order valence-electron chi connectivity index (χ2n) is 3.02. The van der Waals surface area contributed by atoms with Gasteiger partial charge in [-0.3, -0.25) is 4.98 Å². The molecule has 2 N–H and O–H groups in total. The second kappa shape index (κ2) is 4.48. The van der Waals surface area contributed by atoms with Gasteiger partial charge in [-0.25, -0.2) is 0 Å². The van der Waals surface area contributed by atoms with Gasteiger partial charge in [-0.15, -0.1) is 11.8 Å². The lowest BCUT2D eigenvalue weighted by molar-refractivity contribution is 0.624. The maximum absolute atomic E-state index is 5.88. The van der Waals surface area contributed by atoms with Crippen LogP contribution in [0.15, 0.2) is 29.4 Å². The molecule has 1 atom stereocenters. The lowest BCUT2D eigenvalue weighted by Gasteiger charge is -2.14. The predicted molar refractivity (Wildman–Crippen MR) is 52.9 cm³/mol. The van der Waals surface area contributed by atoms with E-state index in [4.69, 9.17) is 5.73 Å². The van der Waals surface area contributed by atoms with Crippen molar-refractivity contribution in [2.75, 3.05) is 0 Å². The summed E-state index contributed by atoms with van der Waals surface area (Å²) in [6.45, 7) is 4.24. The fourth-order valence-corrected chi connectivity index (χ4v) is 1.58. The van der Waals surface area contributed by atoms with Crippen molar-refractivity contribution in [1.29, 1.82) is 0 Å². The van der Waals surface area contributed by atoms with E-state index in [9.17, 15) is 0 Å². The predicted octanol–water partition coefficient (Wildman–Crippen LogP) is 2.11. The molecular formula is C9H14N2S. The van der Waals surface area contributed by atoms with Crippen LogP contribution in [0.4, 0.5) is 0 Å². The summed E-state index contributed by atoms with van der Waals surface area (Å²) >= 11 is 1.67. The molecule has 0 amide bonds. The Bertz CT molecular complexity index is 223. The molecule has 0 aromatic carbocycles. The normalized spacial score (nSPS) is 13.3. The van der Waals surface area contributed by atoms with Gasteiger partial charge in [0.1, 0.15) is 0 Å². The highest BCUT2D eigenvalue weighted by molar-refractivity contribution is 7.99. The van der Waals surface area contributed by atoms with Crippen molar-refractivity contribution in [3.05, 3.63) is 24.5 Å². The minimum Gasteiger partial charge on any atom is -0.319 e. The third-order valence-electron chi connectivity index (χ3n) is 1.56. The van der Waals surface area contributed by atoms with Gasteiger partial charge < -0.3 is 5.73 Å². The molecular weight excluding hydrogens is 168 g/mol. The maximum Gasteiger partial charge on any atom is 0.0578 e. The average Bonchev–Trinajstić information content (AvgIpc) is 2.06. The summed E-state index contributed by atoms with van der Waals surface area (Å²) in [5, 5.41) is 0.161. The number of hydrogen-bond acceptors (Lipinski definition) is 3. The van der Waals surface area contributed by atoms with Crippen LogP contribution in [-0.2, 0) is 0 Å². The zero-order valence-electron chi connectivity index (χ0n) is 7.40. The van der Waals surface area contributed by atoms with E-state index in [1.807, 2.05) is 18.3 Å². The maximum atomic E-state index is 5.88. The molecule has 12 heavy (non-hydrogen) atoms. The third-order valence-corrected chi connectivity index (χ3v) is 2.89. The number of nitrogens with zero attached hydrogens (tertiary/aromatic N) is 1. The van der Waals surface area contributed by atoms with E-state index in [2.05, 4.69) is 18.8 Å². The van der Waals surface area contributed by atoms with Gasteiger partial charge in [0.2, 0.25) is 0 Å². The molecule has 3 heteroatoms. The lowest BCUT2D eigenvalue weighted by Crippen LogP contribution is -2.21. The van der Waals surface area contributed by atoms with Gasteiger partial charge in [-0.05, 0) is 18.1 Å². The van der Waals surface area contributed by atoms with Crippen LogP contribution in [0.5, 0.6) is 0 Å². The smallest absolute Gasteiger partial charge is 0.0578 e. The van der Waals surface area contributed by atoms with Gasteiger partial charge in [0, 0.05) is 17.3 Å².